The highest BCUT2D eigenvalue weighted by atomic mass is 35.5. The van der Waals surface area contributed by atoms with Gasteiger partial charge in [0.05, 0.1) is 0 Å². The molecule has 0 bridgehead atoms. The summed E-state index contributed by atoms with van der Waals surface area (Å²) in [5, 5.41) is 0.654. The Labute approximate surface area is 135 Å². The smallest absolute Gasteiger partial charge is 0.0448 e. The topological polar surface area (TPSA) is 71.4 Å². The maximum absolute atomic E-state index is 6.16. The van der Waals surface area contributed by atoms with Crippen molar-refractivity contribution in [2.45, 2.75) is 6.54 Å². The average molecular weight is 318 g/mol. The lowest BCUT2D eigenvalue weighted by atomic mass is 10.1. The van der Waals surface area contributed by atoms with Crippen molar-refractivity contribution in [1.82, 2.24) is 4.98 Å². The van der Waals surface area contributed by atoms with E-state index in [0.29, 0.717) is 17.3 Å². The van der Waals surface area contributed by atoms with Crippen LogP contribution in [-0.2, 0) is 6.54 Å². The van der Waals surface area contributed by atoms with Crippen molar-refractivity contribution in [3.63, 3.8) is 0 Å². The zero-order valence-corrected chi connectivity index (χ0v) is 13.1. The highest BCUT2D eigenvalue weighted by molar-refractivity contribution is 6.31. The maximum Gasteiger partial charge on any atom is 0.0448 e. The molecule has 5 nitrogen and oxygen atoms in total. The molecule has 0 aliphatic carbocycles. The summed E-state index contributed by atoms with van der Waals surface area (Å²) in [6, 6.07) is 7.80. The number of anilines is 3. The summed E-state index contributed by atoms with van der Waals surface area (Å²) in [4.78, 5) is 8.73. The molecule has 22 heavy (non-hydrogen) atoms. The molecule has 0 atom stereocenters. The van der Waals surface area contributed by atoms with Gasteiger partial charge in [0.25, 0.3) is 0 Å². The highest BCUT2D eigenvalue weighted by Gasteiger charge is 2.20. The molecule has 2 heterocycles. The van der Waals surface area contributed by atoms with E-state index >= 15 is 0 Å². The number of benzene rings is 1. The van der Waals surface area contributed by atoms with Crippen LogP contribution >= 0.6 is 11.6 Å². The second-order valence-electron chi connectivity index (χ2n) is 5.38. The van der Waals surface area contributed by atoms with Crippen LogP contribution in [0.15, 0.2) is 36.7 Å². The van der Waals surface area contributed by atoms with Crippen molar-refractivity contribution in [2.24, 2.45) is 5.73 Å². The predicted molar refractivity (Wildman–Crippen MR) is 92.4 cm³/mol. The quantitative estimate of drug-likeness (QED) is 0.848. The van der Waals surface area contributed by atoms with Crippen LogP contribution in [0.3, 0.4) is 0 Å². The largest absolute Gasteiger partial charge is 0.398 e. The number of aromatic nitrogens is 1. The minimum atomic E-state index is 0.420. The highest BCUT2D eigenvalue weighted by Crippen LogP contribution is 2.31. The zero-order chi connectivity index (χ0) is 15.5. The van der Waals surface area contributed by atoms with Crippen LogP contribution < -0.4 is 21.3 Å². The summed E-state index contributed by atoms with van der Waals surface area (Å²) in [7, 11) is 0. The fraction of sp³-hybridized carbons (Fsp3) is 0.312. The maximum atomic E-state index is 6.16. The van der Waals surface area contributed by atoms with E-state index in [1.807, 2.05) is 30.6 Å². The molecule has 0 amide bonds. The molecule has 6 heteroatoms. The molecule has 1 aromatic carbocycles. The van der Waals surface area contributed by atoms with Crippen LogP contribution in [0.25, 0.3) is 0 Å². The third-order valence-corrected chi connectivity index (χ3v) is 4.30. The summed E-state index contributed by atoms with van der Waals surface area (Å²) >= 11 is 6.16. The van der Waals surface area contributed by atoms with Crippen molar-refractivity contribution in [3.8, 4) is 0 Å². The van der Waals surface area contributed by atoms with Crippen LogP contribution in [0.2, 0.25) is 5.02 Å². The lowest BCUT2D eigenvalue weighted by Crippen LogP contribution is -2.47. The van der Waals surface area contributed by atoms with Gasteiger partial charge in [0.15, 0.2) is 0 Å². The minimum Gasteiger partial charge on any atom is -0.398 e. The zero-order valence-electron chi connectivity index (χ0n) is 12.4. The van der Waals surface area contributed by atoms with Crippen molar-refractivity contribution < 1.29 is 0 Å². The SMILES string of the molecule is NCc1c(N)cc(Cl)cc1N1CCN(c2ccncc2)CC1. The second-order valence-corrected chi connectivity index (χ2v) is 5.81. The molecule has 0 spiro atoms. The lowest BCUT2D eigenvalue weighted by Gasteiger charge is -2.38. The van der Waals surface area contributed by atoms with E-state index in [9.17, 15) is 0 Å². The Morgan fingerprint density at radius 2 is 1.68 bits per heavy atom. The molecule has 1 aromatic heterocycles. The van der Waals surface area contributed by atoms with E-state index in [-0.39, 0.29) is 0 Å². The van der Waals surface area contributed by atoms with E-state index in [2.05, 4.69) is 14.8 Å². The molecule has 1 saturated heterocycles. The number of pyridine rings is 1. The molecule has 1 aliphatic heterocycles. The Kier molecular flexibility index (Phi) is 4.36. The third-order valence-electron chi connectivity index (χ3n) is 4.08. The van der Waals surface area contributed by atoms with Gasteiger partial charge in [-0.2, -0.15) is 0 Å². The van der Waals surface area contributed by atoms with Gasteiger partial charge in [0.1, 0.15) is 0 Å². The summed E-state index contributed by atoms with van der Waals surface area (Å²) < 4.78 is 0. The van der Waals surface area contributed by atoms with Crippen LogP contribution in [0, 0.1) is 0 Å². The van der Waals surface area contributed by atoms with Gasteiger partial charge in [0, 0.05) is 72.8 Å². The Balaban J connectivity index is 1.77. The lowest BCUT2D eigenvalue weighted by molar-refractivity contribution is 0.651. The monoisotopic (exact) mass is 317 g/mol. The van der Waals surface area contributed by atoms with Gasteiger partial charge in [0.2, 0.25) is 0 Å². The molecule has 1 aliphatic rings. The number of rotatable bonds is 3. The van der Waals surface area contributed by atoms with Crippen LogP contribution in [0.5, 0.6) is 0 Å². The number of nitrogens with zero attached hydrogens (tertiary/aromatic N) is 3. The molecule has 0 unspecified atom stereocenters. The van der Waals surface area contributed by atoms with E-state index in [1.165, 1.54) is 5.69 Å². The molecule has 4 N–H and O–H groups in total. The fourth-order valence-corrected chi connectivity index (χ4v) is 3.13. The first-order valence-corrected chi connectivity index (χ1v) is 7.74. The first kappa shape index (κ1) is 14.9. The molecule has 0 saturated carbocycles. The Bertz CT molecular complexity index is 638. The Morgan fingerprint density at radius 3 is 2.32 bits per heavy atom. The van der Waals surface area contributed by atoms with E-state index in [1.54, 1.807) is 6.07 Å². The fourth-order valence-electron chi connectivity index (χ4n) is 2.91. The van der Waals surface area contributed by atoms with Crippen LogP contribution in [0.1, 0.15) is 5.56 Å². The summed E-state index contributed by atoms with van der Waals surface area (Å²) in [6.45, 7) is 4.13. The summed E-state index contributed by atoms with van der Waals surface area (Å²) in [5.74, 6) is 0. The molecule has 2 aromatic rings. The molecule has 116 valence electrons. The molecular formula is C16H20ClN5. The van der Waals surface area contributed by atoms with Gasteiger partial charge < -0.3 is 21.3 Å². The number of hydrogen-bond donors (Lipinski definition) is 2. The number of hydrogen-bond acceptors (Lipinski definition) is 5. The van der Waals surface area contributed by atoms with E-state index in [4.69, 9.17) is 23.1 Å². The van der Waals surface area contributed by atoms with Gasteiger partial charge in [-0.05, 0) is 24.3 Å². The van der Waals surface area contributed by atoms with Gasteiger partial charge in [-0.15, -0.1) is 0 Å². The van der Waals surface area contributed by atoms with Gasteiger partial charge >= 0.3 is 0 Å². The standard InChI is InChI=1S/C16H20ClN5/c17-12-9-15(19)14(11-18)16(10-12)22-7-5-21(6-8-22)13-1-3-20-4-2-13/h1-4,9-10H,5-8,11,18-19H2. The number of piperazine rings is 1. The summed E-state index contributed by atoms with van der Waals surface area (Å²) in [5.41, 5.74) is 15.8. The normalized spacial score (nSPS) is 15.2. The van der Waals surface area contributed by atoms with Crippen molar-refractivity contribution >= 4 is 28.7 Å². The minimum absolute atomic E-state index is 0.420. The van der Waals surface area contributed by atoms with Crippen LogP contribution in [0.4, 0.5) is 17.1 Å². The Hall–Kier alpha value is -1.98. The summed E-state index contributed by atoms with van der Waals surface area (Å²) in [6.07, 6.45) is 3.65. The van der Waals surface area contributed by atoms with Gasteiger partial charge in [-0.1, -0.05) is 11.6 Å². The van der Waals surface area contributed by atoms with Crippen molar-refractivity contribution in [1.29, 1.82) is 0 Å². The average Bonchev–Trinajstić information content (AvgIpc) is 2.55. The Morgan fingerprint density at radius 1 is 1.05 bits per heavy atom. The second kappa shape index (κ2) is 6.42. The van der Waals surface area contributed by atoms with Crippen molar-refractivity contribution in [2.75, 3.05) is 41.7 Å². The molecular weight excluding hydrogens is 298 g/mol. The van der Waals surface area contributed by atoms with E-state index in [0.717, 1.165) is 37.4 Å². The molecule has 3 rings (SSSR count). The van der Waals surface area contributed by atoms with E-state index < -0.39 is 0 Å². The number of nitrogens with two attached hydrogens (primary N) is 2. The van der Waals surface area contributed by atoms with Gasteiger partial charge in [-0.3, -0.25) is 4.98 Å². The number of nitrogen functional groups attached to an aromatic ring is 1. The van der Waals surface area contributed by atoms with Crippen LogP contribution in [-0.4, -0.2) is 31.2 Å². The van der Waals surface area contributed by atoms with Crippen molar-refractivity contribution in [3.05, 3.63) is 47.2 Å². The predicted octanol–water partition coefficient (Wildman–Crippen LogP) is 2.10. The number of halogens is 1. The first-order valence-electron chi connectivity index (χ1n) is 7.37. The molecule has 0 radical (unpaired) electrons. The van der Waals surface area contributed by atoms with Gasteiger partial charge in [-0.25, -0.2) is 0 Å². The first-order chi connectivity index (χ1) is 10.7. The third kappa shape index (κ3) is 2.96. The molecule has 1 fully saturated rings.